The summed E-state index contributed by atoms with van der Waals surface area (Å²) in [7, 11) is 0. The quantitative estimate of drug-likeness (QED) is 0.626. The SMILES string of the molecule is CC(C)NCCNC(=O)c1n[nH]c(C2CC2)n1. The van der Waals surface area contributed by atoms with Crippen LogP contribution in [-0.4, -0.2) is 40.2 Å². The Bertz CT molecular complexity index is 383. The summed E-state index contributed by atoms with van der Waals surface area (Å²) < 4.78 is 0. The molecule has 2 rings (SSSR count). The maximum Gasteiger partial charge on any atom is 0.291 e. The lowest BCUT2D eigenvalue weighted by atomic mass is 10.4. The van der Waals surface area contributed by atoms with Gasteiger partial charge in [0.05, 0.1) is 0 Å². The lowest BCUT2D eigenvalue weighted by Gasteiger charge is -2.07. The minimum Gasteiger partial charge on any atom is -0.348 e. The minimum atomic E-state index is -0.210. The highest BCUT2D eigenvalue weighted by Gasteiger charge is 2.28. The van der Waals surface area contributed by atoms with Crippen molar-refractivity contribution in [2.45, 2.75) is 38.6 Å². The molecule has 1 aromatic rings. The van der Waals surface area contributed by atoms with Gasteiger partial charge in [-0.2, -0.15) is 0 Å². The molecule has 0 unspecified atom stereocenters. The molecular formula is C11H19N5O. The Labute approximate surface area is 101 Å². The van der Waals surface area contributed by atoms with Crippen LogP contribution < -0.4 is 10.6 Å². The standard InChI is InChI=1S/C11H19N5O/c1-7(2)12-5-6-13-11(17)10-14-9(15-16-10)8-3-4-8/h7-8,12H,3-6H2,1-2H3,(H,13,17)(H,14,15,16). The summed E-state index contributed by atoms with van der Waals surface area (Å²) in [6.07, 6.45) is 2.29. The molecule has 1 aromatic heterocycles. The summed E-state index contributed by atoms with van der Waals surface area (Å²) in [6.45, 7) is 5.48. The van der Waals surface area contributed by atoms with Gasteiger partial charge in [0.1, 0.15) is 5.82 Å². The second-order valence-corrected chi connectivity index (χ2v) is 4.68. The molecule has 1 heterocycles. The van der Waals surface area contributed by atoms with Crippen LogP contribution in [0, 0.1) is 0 Å². The molecule has 6 heteroatoms. The number of aromatic amines is 1. The molecule has 0 aliphatic heterocycles. The summed E-state index contributed by atoms with van der Waals surface area (Å²) in [6, 6.07) is 0.428. The maximum atomic E-state index is 11.7. The summed E-state index contributed by atoms with van der Waals surface area (Å²) >= 11 is 0. The lowest BCUT2D eigenvalue weighted by molar-refractivity contribution is 0.0943. The molecule has 3 N–H and O–H groups in total. The van der Waals surface area contributed by atoms with Gasteiger partial charge in [0.2, 0.25) is 5.82 Å². The first-order valence-corrected chi connectivity index (χ1v) is 6.10. The van der Waals surface area contributed by atoms with E-state index in [4.69, 9.17) is 0 Å². The Hall–Kier alpha value is -1.43. The maximum absolute atomic E-state index is 11.7. The molecule has 0 saturated heterocycles. The van der Waals surface area contributed by atoms with Gasteiger partial charge in [-0.05, 0) is 12.8 Å². The summed E-state index contributed by atoms with van der Waals surface area (Å²) in [5.74, 6) is 1.37. The largest absolute Gasteiger partial charge is 0.348 e. The van der Waals surface area contributed by atoms with Crippen LogP contribution in [0.3, 0.4) is 0 Å². The van der Waals surface area contributed by atoms with E-state index in [2.05, 4.69) is 39.7 Å². The summed E-state index contributed by atoms with van der Waals surface area (Å²) in [5, 5.41) is 12.7. The van der Waals surface area contributed by atoms with E-state index >= 15 is 0 Å². The van der Waals surface area contributed by atoms with Crippen LogP contribution in [0.15, 0.2) is 0 Å². The number of amides is 1. The molecule has 17 heavy (non-hydrogen) atoms. The summed E-state index contributed by atoms with van der Waals surface area (Å²) in [4.78, 5) is 15.8. The fourth-order valence-corrected chi connectivity index (χ4v) is 1.53. The zero-order valence-electron chi connectivity index (χ0n) is 10.3. The van der Waals surface area contributed by atoms with Crippen LogP contribution >= 0.6 is 0 Å². The number of nitrogens with one attached hydrogen (secondary N) is 3. The van der Waals surface area contributed by atoms with Crippen LogP contribution in [0.4, 0.5) is 0 Å². The van der Waals surface area contributed by atoms with Gasteiger partial charge < -0.3 is 10.6 Å². The zero-order valence-corrected chi connectivity index (χ0v) is 10.3. The number of hydrogen-bond acceptors (Lipinski definition) is 4. The number of H-pyrrole nitrogens is 1. The number of nitrogens with zero attached hydrogens (tertiary/aromatic N) is 2. The monoisotopic (exact) mass is 237 g/mol. The molecule has 0 radical (unpaired) electrons. The first-order chi connectivity index (χ1) is 8.16. The first kappa shape index (κ1) is 12.0. The van der Waals surface area contributed by atoms with Crippen molar-refractivity contribution in [1.29, 1.82) is 0 Å². The third-order valence-corrected chi connectivity index (χ3v) is 2.63. The Morgan fingerprint density at radius 2 is 2.24 bits per heavy atom. The van der Waals surface area contributed by atoms with Crippen molar-refractivity contribution in [3.63, 3.8) is 0 Å². The van der Waals surface area contributed by atoms with Gasteiger partial charge in [-0.25, -0.2) is 4.98 Å². The normalized spacial score (nSPS) is 15.2. The molecule has 1 saturated carbocycles. The van der Waals surface area contributed by atoms with Gasteiger partial charge in [0, 0.05) is 25.0 Å². The fraction of sp³-hybridized carbons (Fsp3) is 0.727. The van der Waals surface area contributed by atoms with Crippen LogP contribution in [0.2, 0.25) is 0 Å². The minimum absolute atomic E-state index is 0.210. The molecule has 0 bridgehead atoms. The van der Waals surface area contributed by atoms with Crippen LogP contribution in [0.1, 0.15) is 49.1 Å². The van der Waals surface area contributed by atoms with Gasteiger partial charge in [-0.15, -0.1) is 5.10 Å². The number of rotatable bonds is 6. The van der Waals surface area contributed by atoms with E-state index in [0.717, 1.165) is 25.2 Å². The molecule has 0 aromatic carbocycles. The van der Waals surface area contributed by atoms with E-state index in [-0.39, 0.29) is 11.7 Å². The van der Waals surface area contributed by atoms with Gasteiger partial charge in [-0.1, -0.05) is 13.8 Å². The third kappa shape index (κ3) is 3.52. The third-order valence-electron chi connectivity index (χ3n) is 2.63. The first-order valence-electron chi connectivity index (χ1n) is 6.10. The Balaban J connectivity index is 1.74. The highest BCUT2D eigenvalue weighted by Crippen LogP contribution is 2.37. The topological polar surface area (TPSA) is 82.7 Å². The molecule has 94 valence electrons. The van der Waals surface area contributed by atoms with Crippen molar-refractivity contribution in [3.05, 3.63) is 11.6 Å². The predicted octanol–water partition coefficient (Wildman–Crippen LogP) is 0.410. The van der Waals surface area contributed by atoms with Crippen molar-refractivity contribution in [2.75, 3.05) is 13.1 Å². The van der Waals surface area contributed by atoms with Gasteiger partial charge in [-0.3, -0.25) is 9.89 Å². The van der Waals surface area contributed by atoms with Crippen LogP contribution in [0.5, 0.6) is 0 Å². The van der Waals surface area contributed by atoms with Gasteiger partial charge in [0.15, 0.2) is 0 Å². The molecule has 1 aliphatic rings. The van der Waals surface area contributed by atoms with E-state index in [1.165, 1.54) is 0 Å². The second kappa shape index (κ2) is 5.27. The van der Waals surface area contributed by atoms with E-state index < -0.39 is 0 Å². The number of carbonyl (C=O) groups is 1. The molecule has 0 atom stereocenters. The molecule has 0 spiro atoms. The van der Waals surface area contributed by atoms with Crippen molar-refractivity contribution in [1.82, 2.24) is 25.8 Å². The number of aromatic nitrogens is 3. The molecule has 1 amide bonds. The average molecular weight is 237 g/mol. The van der Waals surface area contributed by atoms with Gasteiger partial charge in [0.25, 0.3) is 5.91 Å². The highest BCUT2D eigenvalue weighted by molar-refractivity contribution is 5.90. The molecule has 6 nitrogen and oxygen atoms in total. The van der Waals surface area contributed by atoms with E-state index in [9.17, 15) is 4.79 Å². The Kier molecular flexibility index (Phi) is 3.73. The van der Waals surface area contributed by atoms with Crippen molar-refractivity contribution < 1.29 is 4.79 Å². The van der Waals surface area contributed by atoms with Crippen LogP contribution in [0.25, 0.3) is 0 Å². The fourth-order valence-electron chi connectivity index (χ4n) is 1.53. The van der Waals surface area contributed by atoms with E-state index in [1.807, 2.05) is 0 Å². The van der Waals surface area contributed by atoms with Crippen LogP contribution in [-0.2, 0) is 0 Å². The molecular weight excluding hydrogens is 218 g/mol. The lowest BCUT2D eigenvalue weighted by Crippen LogP contribution is -2.35. The van der Waals surface area contributed by atoms with E-state index in [1.54, 1.807) is 0 Å². The average Bonchev–Trinajstić information content (AvgIpc) is 3.02. The zero-order chi connectivity index (χ0) is 12.3. The van der Waals surface area contributed by atoms with Gasteiger partial charge >= 0.3 is 0 Å². The van der Waals surface area contributed by atoms with Crippen molar-refractivity contribution >= 4 is 5.91 Å². The highest BCUT2D eigenvalue weighted by atomic mass is 16.2. The smallest absolute Gasteiger partial charge is 0.291 e. The Morgan fingerprint density at radius 1 is 1.47 bits per heavy atom. The predicted molar refractivity (Wildman–Crippen MR) is 63.8 cm³/mol. The summed E-state index contributed by atoms with van der Waals surface area (Å²) in [5.41, 5.74) is 0. The molecule has 1 fully saturated rings. The molecule has 1 aliphatic carbocycles. The number of carbonyl (C=O) groups excluding carboxylic acids is 1. The van der Waals surface area contributed by atoms with Crippen molar-refractivity contribution in [2.24, 2.45) is 0 Å². The van der Waals surface area contributed by atoms with E-state index in [0.29, 0.717) is 18.5 Å². The van der Waals surface area contributed by atoms with Crippen molar-refractivity contribution in [3.8, 4) is 0 Å². The second-order valence-electron chi connectivity index (χ2n) is 4.68. The Morgan fingerprint density at radius 3 is 2.88 bits per heavy atom. The number of hydrogen-bond donors (Lipinski definition) is 3.